The van der Waals surface area contributed by atoms with Crippen molar-refractivity contribution >= 4 is 23.6 Å². The highest BCUT2D eigenvalue weighted by Crippen LogP contribution is 2.23. The van der Waals surface area contributed by atoms with Gasteiger partial charge >= 0.3 is 12.0 Å². The lowest BCUT2D eigenvalue weighted by Gasteiger charge is -2.32. The lowest BCUT2D eigenvalue weighted by molar-refractivity contribution is -0.141. The Hall–Kier alpha value is -3.35. The lowest BCUT2D eigenvalue weighted by Crippen LogP contribution is -2.45. The summed E-state index contributed by atoms with van der Waals surface area (Å²) in [6, 6.07) is 16.4. The van der Waals surface area contributed by atoms with Crippen molar-refractivity contribution in [2.24, 2.45) is 5.92 Å². The van der Waals surface area contributed by atoms with Crippen LogP contribution >= 0.6 is 0 Å². The summed E-state index contributed by atoms with van der Waals surface area (Å²) in [5.41, 5.74) is 2.72. The van der Waals surface area contributed by atoms with Crippen LogP contribution in [0.5, 0.6) is 0 Å². The number of urea groups is 1. The Morgan fingerprint density at radius 3 is 2.29 bits per heavy atom. The first-order valence-corrected chi connectivity index (χ1v) is 10.5. The third-order valence-corrected chi connectivity index (χ3v) is 5.57. The van der Waals surface area contributed by atoms with Crippen molar-refractivity contribution < 1.29 is 19.1 Å². The van der Waals surface area contributed by atoms with Gasteiger partial charge in [0, 0.05) is 24.7 Å². The molecule has 0 bridgehead atoms. The lowest BCUT2D eigenvalue weighted by atomic mass is 9.94. The molecule has 1 heterocycles. The summed E-state index contributed by atoms with van der Waals surface area (Å²) in [6.07, 6.45) is 1.23. The van der Waals surface area contributed by atoms with Crippen LogP contribution in [0.25, 0.3) is 0 Å². The van der Waals surface area contributed by atoms with E-state index in [1.807, 2.05) is 61.5 Å². The second-order valence-electron chi connectivity index (χ2n) is 7.81. The fourth-order valence-corrected chi connectivity index (χ4v) is 3.66. The number of methoxy groups -OCH3 is 1. The highest BCUT2D eigenvalue weighted by molar-refractivity contribution is 5.89. The maximum absolute atomic E-state index is 12.9. The van der Waals surface area contributed by atoms with E-state index in [0.29, 0.717) is 25.9 Å². The molecular formula is C24H29N3O4. The van der Waals surface area contributed by atoms with Crippen molar-refractivity contribution in [3.8, 4) is 0 Å². The van der Waals surface area contributed by atoms with Gasteiger partial charge in [-0.15, -0.1) is 0 Å². The molecule has 7 nitrogen and oxygen atoms in total. The zero-order valence-electron chi connectivity index (χ0n) is 18.0. The normalized spacial score (nSPS) is 15.1. The molecule has 1 aliphatic rings. The fourth-order valence-electron chi connectivity index (χ4n) is 3.66. The molecule has 2 aromatic carbocycles. The van der Waals surface area contributed by atoms with Crippen LogP contribution in [-0.2, 0) is 14.3 Å². The maximum atomic E-state index is 12.9. The number of hydrogen-bond acceptors (Lipinski definition) is 4. The van der Waals surface area contributed by atoms with Gasteiger partial charge < -0.3 is 20.3 Å². The zero-order valence-corrected chi connectivity index (χ0v) is 18.0. The van der Waals surface area contributed by atoms with Gasteiger partial charge in [-0.05, 0) is 37.5 Å². The number of benzene rings is 2. The van der Waals surface area contributed by atoms with Gasteiger partial charge in [-0.1, -0.05) is 48.0 Å². The van der Waals surface area contributed by atoms with Gasteiger partial charge in [-0.3, -0.25) is 9.59 Å². The number of hydrogen-bond donors (Lipinski definition) is 2. The van der Waals surface area contributed by atoms with Crippen molar-refractivity contribution in [3.05, 3.63) is 65.7 Å². The SMILES string of the molecule is COC(=O)C[C@H](NC(=O)C1CCN(C(=O)Nc2ccccc2)CC1)c1ccc(C)cc1. The largest absolute Gasteiger partial charge is 0.469 e. The van der Waals surface area contributed by atoms with Gasteiger partial charge in [0.25, 0.3) is 0 Å². The van der Waals surface area contributed by atoms with Crippen LogP contribution in [0, 0.1) is 12.8 Å². The standard InChI is InChI=1S/C24H29N3O4/c1-17-8-10-18(11-9-17)21(16-22(28)31-2)26-23(29)19-12-14-27(15-13-19)24(30)25-20-6-4-3-5-7-20/h3-11,19,21H,12-16H2,1-2H3,(H,25,30)(H,26,29)/t21-/m0/s1. The topological polar surface area (TPSA) is 87.7 Å². The van der Waals surface area contributed by atoms with Crippen molar-refractivity contribution in [2.45, 2.75) is 32.2 Å². The minimum absolute atomic E-state index is 0.0730. The van der Waals surface area contributed by atoms with E-state index in [-0.39, 0.29) is 30.2 Å². The number of nitrogens with one attached hydrogen (secondary N) is 2. The maximum Gasteiger partial charge on any atom is 0.321 e. The molecule has 1 atom stereocenters. The molecule has 0 saturated carbocycles. The average molecular weight is 424 g/mol. The van der Waals surface area contributed by atoms with Crippen molar-refractivity contribution in [3.63, 3.8) is 0 Å². The predicted octanol–water partition coefficient (Wildman–Crippen LogP) is 3.66. The van der Waals surface area contributed by atoms with Gasteiger partial charge in [0.2, 0.25) is 5.91 Å². The summed E-state index contributed by atoms with van der Waals surface area (Å²) in [5, 5.41) is 5.89. The Morgan fingerprint density at radius 2 is 1.68 bits per heavy atom. The summed E-state index contributed by atoms with van der Waals surface area (Å²) in [4.78, 5) is 38.9. The smallest absolute Gasteiger partial charge is 0.321 e. The third-order valence-electron chi connectivity index (χ3n) is 5.57. The van der Waals surface area contributed by atoms with E-state index in [9.17, 15) is 14.4 Å². The molecule has 2 aromatic rings. The third kappa shape index (κ3) is 6.31. The van der Waals surface area contributed by atoms with E-state index >= 15 is 0 Å². The molecule has 7 heteroatoms. The number of carbonyl (C=O) groups is 3. The molecule has 31 heavy (non-hydrogen) atoms. The molecule has 0 radical (unpaired) electrons. The Labute approximate surface area is 182 Å². The number of carbonyl (C=O) groups excluding carboxylic acids is 3. The molecule has 0 aromatic heterocycles. The first-order valence-electron chi connectivity index (χ1n) is 10.5. The van der Waals surface area contributed by atoms with Gasteiger partial charge in [-0.25, -0.2) is 4.79 Å². The van der Waals surface area contributed by atoms with Crippen LogP contribution in [0.2, 0.25) is 0 Å². The van der Waals surface area contributed by atoms with Crippen LogP contribution in [-0.4, -0.2) is 43.0 Å². The fraction of sp³-hybridized carbons (Fsp3) is 0.375. The quantitative estimate of drug-likeness (QED) is 0.694. The molecule has 0 spiro atoms. The van der Waals surface area contributed by atoms with E-state index < -0.39 is 6.04 Å². The Morgan fingerprint density at radius 1 is 1.03 bits per heavy atom. The van der Waals surface area contributed by atoms with Crippen LogP contribution in [0.4, 0.5) is 10.5 Å². The number of likely N-dealkylation sites (tertiary alicyclic amines) is 1. The van der Waals surface area contributed by atoms with Crippen LogP contribution in [0.15, 0.2) is 54.6 Å². The average Bonchev–Trinajstić information content (AvgIpc) is 2.79. The molecule has 164 valence electrons. The molecule has 1 aliphatic heterocycles. The molecule has 3 amide bonds. The summed E-state index contributed by atoms with van der Waals surface area (Å²) < 4.78 is 4.80. The minimum Gasteiger partial charge on any atom is -0.469 e. The second kappa shape index (κ2) is 10.6. The van der Waals surface area contributed by atoms with Gasteiger partial charge in [0.1, 0.15) is 0 Å². The van der Waals surface area contributed by atoms with Gasteiger partial charge in [0.05, 0.1) is 19.6 Å². The summed E-state index contributed by atoms with van der Waals surface area (Å²) in [7, 11) is 1.34. The first-order chi connectivity index (χ1) is 15.0. The number of nitrogens with zero attached hydrogens (tertiary/aromatic N) is 1. The molecule has 0 unspecified atom stereocenters. The Balaban J connectivity index is 1.56. The van der Waals surface area contributed by atoms with Crippen LogP contribution in [0.3, 0.4) is 0 Å². The van der Waals surface area contributed by atoms with Crippen molar-refractivity contribution in [1.29, 1.82) is 0 Å². The number of anilines is 1. The van der Waals surface area contributed by atoms with E-state index in [2.05, 4.69) is 10.6 Å². The molecular weight excluding hydrogens is 394 g/mol. The number of piperidine rings is 1. The van der Waals surface area contributed by atoms with Crippen molar-refractivity contribution in [2.75, 3.05) is 25.5 Å². The second-order valence-corrected chi connectivity index (χ2v) is 7.81. The number of aryl methyl sites for hydroxylation is 1. The molecule has 0 aliphatic carbocycles. The first kappa shape index (κ1) is 22.3. The summed E-state index contributed by atoms with van der Waals surface area (Å²) in [6.45, 7) is 2.99. The highest BCUT2D eigenvalue weighted by atomic mass is 16.5. The molecule has 1 fully saturated rings. The predicted molar refractivity (Wildman–Crippen MR) is 118 cm³/mol. The van der Waals surface area contributed by atoms with Crippen molar-refractivity contribution in [1.82, 2.24) is 10.2 Å². The zero-order chi connectivity index (χ0) is 22.2. The van der Waals surface area contributed by atoms with E-state index in [1.165, 1.54) is 7.11 Å². The summed E-state index contributed by atoms with van der Waals surface area (Å²) in [5.74, 6) is -0.678. The van der Waals surface area contributed by atoms with E-state index in [4.69, 9.17) is 4.74 Å². The van der Waals surface area contributed by atoms with Gasteiger partial charge in [-0.2, -0.15) is 0 Å². The van der Waals surface area contributed by atoms with E-state index in [0.717, 1.165) is 16.8 Å². The molecule has 2 N–H and O–H groups in total. The Kier molecular flexibility index (Phi) is 7.65. The number of rotatable bonds is 6. The minimum atomic E-state index is -0.444. The van der Waals surface area contributed by atoms with E-state index in [1.54, 1.807) is 4.90 Å². The summed E-state index contributed by atoms with van der Waals surface area (Å²) >= 11 is 0. The number of ether oxygens (including phenoxy) is 1. The number of para-hydroxylation sites is 1. The van der Waals surface area contributed by atoms with Crippen LogP contribution in [0.1, 0.15) is 36.4 Å². The molecule has 3 rings (SSSR count). The monoisotopic (exact) mass is 423 g/mol. The number of esters is 1. The highest BCUT2D eigenvalue weighted by Gasteiger charge is 2.29. The van der Waals surface area contributed by atoms with Crippen LogP contribution < -0.4 is 10.6 Å². The molecule has 1 saturated heterocycles. The number of amides is 3. The van der Waals surface area contributed by atoms with Gasteiger partial charge in [0.15, 0.2) is 0 Å². The Bertz CT molecular complexity index is 891.